The SMILES string of the molecule is C[C@@H]1OCC2(CCN(c3nc(N)c(Sc4ccn5nccc5c4Cl)c(=O)n3C)CC2)[C@@H]1N.O=CO. The summed E-state index contributed by atoms with van der Waals surface area (Å²) in [6.45, 7) is 3.97. The van der Waals surface area contributed by atoms with Crippen molar-refractivity contribution in [3.05, 3.63) is 39.9 Å². The third-order valence-corrected chi connectivity index (χ3v) is 8.49. The molecule has 0 amide bonds. The van der Waals surface area contributed by atoms with E-state index in [-0.39, 0.29) is 35.4 Å². The monoisotopic (exact) mass is 521 g/mol. The molecule has 35 heavy (non-hydrogen) atoms. The number of nitrogens with two attached hydrogens (primary N) is 2. The Labute approximate surface area is 211 Å². The van der Waals surface area contributed by atoms with Crippen molar-refractivity contribution in [3.8, 4) is 0 Å². The van der Waals surface area contributed by atoms with E-state index < -0.39 is 0 Å². The third-order valence-electron chi connectivity index (χ3n) is 6.83. The predicted octanol–water partition coefficient (Wildman–Crippen LogP) is 1.85. The molecule has 0 unspecified atom stereocenters. The number of carboxylic acid groups (broad SMARTS) is 1. The summed E-state index contributed by atoms with van der Waals surface area (Å²) in [4.78, 5) is 29.4. The smallest absolute Gasteiger partial charge is 0.290 e. The standard InChI is InChI=1S/C21H26ClN7O2S.CH2O2/c1-12-17(23)21(11-31-12)5-9-28(10-6-21)20-26-18(24)16(19(30)27(20)2)32-14-4-8-29-13(15(14)22)3-7-25-29;2-1-3/h3-4,7-8,12,17H,5-6,9-11,23-24H2,1-2H3;1H,(H,2,3)/t12-,17+;/m0./s1. The summed E-state index contributed by atoms with van der Waals surface area (Å²) in [5, 5.41) is 11.6. The Balaban J connectivity index is 0.000000917. The number of carbonyl (C=O) groups is 1. The summed E-state index contributed by atoms with van der Waals surface area (Å²) in [6.07, 6.45) is 5.34. The lowest BCUT2D eigenvalue weighted by Crippen LogP contribution is -2.51. The number of anilines is 2. The topological polar surface area (TPSA) is 154 Å². The van der Waals surface area contributed by atoms with Gasteiger partial charge in [-0.25, -0.2) is 4.52 Å². The molecule has 5 N–H and O–H groups in total. The molecule has 13 heteroatoms. The molecule has 2 fully saturated rings. The molecule has 0 aliphatic carbocycles. The van der Waals surface area contributed by atoms with Crippen molar-refractivity contribution >= 4 is 47.1 Å². The summed E-state index contributed by atoms with van der Waals surface area (Å²) in [7, 11) is 1.73. The molecule has 2 saturated heterocycles. The normalized spacial score (nSPS) is 21.2. The average Bonchev–Trinajstić information content (AvgIpc) is 3.43. The second-order valence-corrected chi connectivity index (χ2v) is 10.2. The van der Waals surface area contributed by atoms with Crippen molar-refractivity contribution in [1.29, 1.82) is 0 Å². The Morgan fingerprint density at radius 1 is 1.34 bits per heavy atom. The van der Waals surface area contributed by atoms with Crippen LogP contribution in [-0.2, 0) is 16.6 Å². The number of rotatable bonds is 3. The molecular weight excluding hydrogens is 494 g/mol. The first-order valence-corrected chi connectivity index (χ1v) is 12.3. The highest BCUT2D eigenvalue weighted by molar-refractivity contribution is 7.99. The highest BCUT2D eigenvalue weighted by Crippen LogP contribution is 2.42. The first kappa shape index (κ1) is 25.3. The number of aromatic nitrogens is 4. The van der Waals surface area contributed by atoms with Gasteiger partial charge in [-0.05, 0) is 31.9 Å². The number of nitrogens with zero attached hydrogens (tertiary/aromatic N) is 5. The second kappa shape index (κ2) is 10.1. The van der Waals surface area contributed by atoms with Crippen LogP contribution in [0.4, 0.5) is 11.8 Å². The molecule has 1 spiro atoms. The number of hydrogen-bond acceptors (Lipinski definition) is 9. The van der Waals surface area contributed by atoms with Gasteiger partial charge in [-0.3, -0.25) is 14.2 Å². The minimum absolute atomic E-state index is 0.000812. The number of piperidine rings is 1. The van der Waals surface area contributed by atoms with Gasteiger partial charge in [0.1, 0.15) is 10.7 Å². The van der Waals surface area contributed by atoms with Crippen LogP contribution in [0.25, 0.3) is 5.52 Å². The molecule has 11 nitrogen and oxygen atoms in total. The Morgan fingerprint density at radius 2 is 2.03 bits per heavy atom. The van der Waals surface area contributed by atoms with Crippen LogP contribution < -0.4 is 21.9 Å². The van der Waals surface area contributed by atoms with Crippen LogP contribution in [0.2, 0.25) is 5.02 Å². The highest BCUT2D eigenvalue weighted by Gasteiger charge is 2.47. The molecular formula is C22H28ClN7O4S. The van der Waals surface area contributed by atoms with Gasteiger partial charge in [-0.1, -0.05) is 23.4 Å². The van der Waals surface area contributed by atoms with Crippen molar-refractivity contribution < 1.29 is 14.6 Å². The van der Waals surface area contributed by atoms with E-state index in [0.717, 1.165) is 36.3 Å². The van der Waals surface area contributed by atoms with Crippen LogP contribution in [0.3, 0.4) is 0 Å². The molecule has 5 rings (SSSR count). The number of nitrogen functional groups attached to an aromatic ring is 1. The first-order valence-electron chi connectivity index (χ1n) is 11.1. The van der Waals surface area contributed by atoms with Gasteiger partial charge in [0, 0.05) is 42.7 Å². The summed E-state index contributed by atoms with van der Waals surface area (Å²) in [6, 6.07) is 3.67. The fraction of sp³-hybridized carbons (Fsp3) is 0.455. The number of fused-ring (bicyclic) bond motifs is 1. The number of hydrogen-bond donors (Lipinski definition) is 3. The zero-order chi connectivity index (χ0) is 25.3. The van der Waals surface area contributed by atoms with Crippen LogP contribution >= 0.6 is 23.4 Å². The van der Waals surface area contributed by atoms with E-state index in [2.05, 4.69) is 15.0 Å². The fourth-order valence-electron chi connectivity index (χ4n) is 4.72. The minimum Gasteiger partial charge on any atom is -0.483 e. The largest absolute Gasteiger partial charge is 0.483 e. The van der Waals surface area contributed by atoms with E-state index in [4.69, 9.17) is 37.7 Å². The van der Waals surface area contributed by atoms with Gasteiger partial charge >= 0.3 is 0 Å². The summed E-state index contributed by atoms with van der Waals surface area (Å²) in [5.41, 5.74) is 13.3. The van der Waals surface area contributed by atoms with Gasteiger partial charge in [0.15, 0.2) is 0 Å². The van der Waals surface area contributed by atoms with Crippen molar-refractivity contribution in [1.82, 2.24) is 19.2 Å². The number of pyridine rings is 1. The maximum absolute atomic E-state index is 13.2. The first-order chi connectivity index (χ1) is 16.7. The van der Waals surface area contributed by atoms with Crippen molar-refractivity contribution in [2.75, 3.05) is 30.3 Å². The highest BCUT2D eigenvalue weighted by atomic mass is 35.5. The van der Waals surface area contributed by atoms with E-state index in [1.807, 2.05) is 19.1 Å². The maximum atomic E-state index is 13.2. The minimum atomic E-state index is -0.250. The van der Waals surface area contributed by atoms with Gasteiger partial charge < -0.3 is 26.2 Å². The van der Waals surface area contributed by atoms with Crippen molar-refractivity contribution in [2.24, 2.45) is 18.2 Å². The lowest BCUT2D eigenvalue weighted by molar-refractivity contribution is -0.122. The Hall–Kier alpha value is -2.80. The fourth-order valence-corrected chi connectivity index (χ4v) is 5.97. The molecule has 0 aromatic carbocycles. The molecule has 0 saturated carbocycles. The summed E-state index contributed by atoms with van der Waals surface area (Å²) >= 11 is 7.76. The van der Waals surface area contributed by atoms with Gasteiger partial charge in [-0.15, -0.1) is 0 Å². The average molecular weight is 522 g/mol. The zero-order valence-corrected chi connectivity index (χ0v) is 21.0. The van der Waals surface area contributed by atoms with E-state index in [0.29, 0.717) is 22.5 Å². The van der Waals surface area contributed by atoms with Crippen LogP contribution in [-0.4, -0.2) is 62.6 Å². The number of ether oxygens (including phenoxy) is 1. The lowest BCUT2D eigenvalue weighted by Gasteiger charge is -2.41. The molecule has 5 heterocycles. The molecule has 2 aliphatic rings. The molecule has 3 aromatic heterocycles. The lowest BCUT2D eigenvalue weighted by atomic mass is 9.73. The van der Waals surface area contributed by atoms with Crippen LogP contribution in [0, 0.1) is 5.41 Å². The predicted molar refractivity (Wildman–Crippen MR) is 134 cm³/mol. The second-order valence-electron chi connectivity index (χ2n) is 8.74. The van der Waals surface area contributed by atoms with Gasteiger partial charge in [-0.2, -0.15) is 10.1 Å². The zero-order valence-electron chi connectivity index (χ0n) is 19.4. The van der Waals surface area contributed by atoms with E-state index in [1.165, 1.54) is 11.8 Å². The van der Waals surface area contributed by atoms with Gasteiger partial charge in [0.2, 0.25) is 5.95 Å². The van der Waals surface area contributed by atoms with Crippen LogP contribution in [0.5, 0.6) is 0 Å². The quantitative estimate of drug-likeness (QED) is 0.435. The van der Waals surface area contributed by atoms with E-state index in [1.54, 1.807) is 28.5 Å². The molecule has 3 aromatic rings. The van der Waals surface area contributed by atoms with Crippen molar-refractivity contribution in [2.45, 2.75) is 41.7 Å². The van der Waals surface area contributed by atoms with Gasteiger partial charge in [0.25, 0.3) is 12.0 Å². The van der Waals surface area contributed by atoms with E-state index in [9.17, 15) is 4.79 Å². The van der Waals surface area contributed by atoms with E-state index >= 15 is 0 Å². The molecule has 2 aliphatic heterocycles. The Morgan fingerprint density at radius 3 is 2.66 bits per heavy atom. The van der Waals surface area contributed by atoms with Gasteiger partial charge in [0.05, 0.1) is 29.4 Å². The molecule has 0 bridgehead atoms. The maximum Gasteiger partial charge on any atom is 0.290 e. The summed E-state index contributed by atoms with van der Waals surface area (Å²) < 4.78 is 9.06. The number of halogens is 1. The Kier molecular flexibility index (Phi) is 7.27. The third kappa shape index (κ3) is 4.58. The molecule has 188 valence electrons. The summed E-state index contributed by atoms with van der Waals surface area (Å²) in [5.74, 6) is 0.775. The molecule has 0 radical (unpaired) electrons. The van der Waals surface area contributed by atoms with Crippen LogP contribution in [0.1, 0.15) is 19.8 Å². The van der Waals surface area contributed by atoms with Crippen LogP contribution in [0.15, 0.2) is 39.1 Å². The Bertz CT molecular complexity index is 1290. The molecule has 2 atom stereocenters. The van der Waals surface area contributed by atoms with Crippen molar-refractivity contribution in [3.63, 3.8) is 0 Å².